The van der Waals surface area contributed by atoms with Crippen molar-refractivity contribution in [3.8, 4) is 5.75 Å². The van der Waals surface area contributed by atoms with Gasteiger partial charge >= 0.3 is 5.97 Å². The van der Waals surface area contributed by atoms with Crippen molar-refractivity contribution >= 4 is 17.6 Å². The first-order valence-electron chi connectivity index (χ1n) is 6.98. The summed E-state index contributed by atoms with van der Waals surface area (Å²) in [5.74, 6) is -1.58. The molecule has 1 amide bonds. The van der Waals surface area contributed by atoms with Crippen molar-refractivity contribution in [1.29, 1.82) is 0 Å². The van der Waals surface area contributed by atoms with Gasteiger partial charge in [0.1, 0.15) is 5.75 Å². The van der Waals surface area contributed by atoms with E-state index in [2.05, 4.69) is 17.1 Å². The molecule has 0 aromatic heterocycles. The molecule has 0 aliphatic rings. The van der Waals surface area contributed by atoms with Crippen molar-refractivity contribution < 1.29 is 19.8 Å². The van der Waals surface area contributed by atoms with Gasteiger partial charge in [-0.25, -0.2) is 4.79 Å². The van der Waals surface area contributed by atoms with Gasteiger partial charge < -0.3 is 20.4 Å². The minimum atomic E-state index is -1.12. The van der Waals surface area contributed by atoms with E-state index in [-0.39, 0.29) is 22.9 Å². The summed E-state index contributed by atoms with van der Waals surface area (Å²) in [6.45, 7) is 3.70. The largest absolute Gasteiger partial charge is 0.506 e. The number of hydrogen-bond donors (Lipinski definition) is 3. The maximum absolute atomic E-state index is 11.8. The van der Waals surface area contributed by atoms with Gasteiger partial charge in [-0.15, -0.1) is 0 Å². The van der Waals surface area contributed by atoms with E-state index in [4.69, 9.17) is 5.11 Å². The Kier molecular flexibility index (Phi) is 6.68. The number of phenolic OH excluding ortho intramolecular Hbond substituents is 1. The minimum absolute atomic E-state index is 0.0233. The number of carboxylic acids is 1. The fraction of sp³-hybridized carbons (Fsp3) is 0.467. The van der Waals surface area contributed by atoms with Crippen molar-refractivity contribution in [1.82, 2.24) is 4.90 Å². The summed E-state index contributed by atoms with van der Waals surface area (Å²) in [6.07, 6.45) is 2.52. The first kappa shape index (κ1) is 17.0. The molecule has 1 aromatic carbocycles. The van der Waals surface area contributed by atoms with Crippen LogP contribution in [-0.4, -0.2) is 47.1 Å². The third kappa shape index (κ3) is 5.83. The number of unbranched alkanes of at least 4 members (excludes halogenated alkanes) is 1. The summed E-state index contributed by atoms with van der Waals surface area (Å²) in [4.78, 5) is 24.6. The summed E-state index contributed by atoms with van der Waals surface area (Å²) in [6, 6.07) is 3.84. The van der Waals surface area contributed by atoms with Crippen LogP contribution >= 0.6 is 0 Å². The lowest BCUT2D eigenvalue weighted by molar-refractivity contribution is -0.116. The van der Waals surface area contributed by atoms with Crippen molar-refractivity contribution in [2.75, 3.05) is 25.5 Å². The Morgan fingerprint density at radius 3 is 2.57 bits per heavy atom. The third-order valence-corrected chi connectivity index (χ3v) is 3.13. The lowest BCUT2D eigenvalue weighted by Crippen LogP contribution is -2.25. The molecule has 0 aliphatic carbocycles. The third-order valence-electron chi connectivity index (χ3n) is 3.13. The highest BCUT2D eigenvalue weighted by molar-refractivity contribution is 5.94. The molecule has 0 saturated heterocycles. The molecule has 0 heterocycles. The fourth-order valence-corrected chi connectivity index (χ4v) is 1.82. The Balaban J connectivity index is 2.49. The van der Waals surface area contributed by atoms with E-state index in [1.165, 1.54) is 12.1 Å². The molecule has 0 unspecified atom stereocenters. The van der Waals surface area contributed by atoms with Crippen LogP contribution < -0.4 is 5.32 Å². The zero-order valence-corrected chi connectivity index (χ0v) is 12.4. The summed E-state index contributed by atoms with van der Waals surface area (Å²) in [5, 5.41) is 21.1. The molecule has 0 spiro atoms. The molecule has 3 N–H and O–H groups in total. The molecule has 116 valence electrons. The van der Waals surface area contributed by atoms with E-state index in [1.807, 2.05) is 7.05 Å². The van der Waals surface area contributed by atoms with Gasteiger partial charge in [0, 0.05) is 13.0 Å². The standard InChI is InChI=1S/C15H22N2O4/c1-3-4-8-17(2)9-7-14(19)16-12-6-5-11(15(20)21)10-13(12)18/h5-6,10,18H,3-4,7-9H2,1-2H3,(H,16,19)(H,20,21). The van der Waals surface area contributed by atoms with Crippen molar-refractivity contribution in [2.45, 2.75) is 26.2 Å². The number of carbonyl (C=O) groups is 2. The Bertz CT molecular complexity index is 502. The molecule has 0 radical (unpaired) electrons. The van der Waals surface area contributed by atoms with Crippen LogP contribution in [-0.2, 0) is 4.79 Å². The molecular formula is C15H22N2O4. The molecule has 1 rings (SSSR count). The average molecular weight is 294 g/mol. The maximum atomic E-state index is 11.8. The number of nitrogens with one attached hydrogen (secondary N) is 1. The monoisotopic (exact) mass is 294 g/mol. The quantitative estimate of drug-likeness (QED) is 0.639. The van der Waals surface area contributed by atoms with E-state index in [9.17, 15) is 14.7 Å². The summed E-state index contributed by atoms with van der Waals surface area (Å²) >= 11 is 0. The van der Waals surface area contributed by atoms with Gasteiger partial charge in [0.25, 0.3) is 0 Å². The molecule has 1 aromatic rings. The minimum Gasteiger partial charge on any atom is -0.506 e. The number of amides is 1. The highest BCUT2D eigenvalue weighted by Gasteiger charge is 2.10. The van der Waals surface area contributed by atoms with Gasteiger partial charge in [-0.2, -0.15) is 0 Å². The van der Waals surface area contributed by atoms with Crippen LogP contribution in [0.3, 0.4) is 0 Å². The normalized spacial score (nSPS) is 10.6. The van der Waals surface area contributed by atoms with Crippen LogP contribution in [0.5, 0.6) is 5.75 Å². The highest BCUT2D eigenvalue weighted by Crippen LogP contribution is 2.24. The van der Waals surface area contributed by atoms with E-state index in [1.54, 1.807) is 0 Å². The first-order valence-corrected chi connectivity index (χ1v) is 6.98. The average Bonchev–Trinajstić information content (AvgIpc) is 2.44. The van der Waals surface area contributed by atoms with Gasteiger partial charge in [-0.3, -0.25) is 4.79 Å². The number of hydrogen-bond acceptors (Lipinski definition) is 4. The topological polar surface area (TPSA) is 89.9 Å². The van der Waals surface area contributed by atoms with Gasteiger partial charge in [-0.05, 0) is 38.2 Å². The smallest absolute Gasteiger partial charge is 0.335 e. The molecule has 0 atom stereocenters. The second kappa shape index (κ2) is 8.26. The molecule has 0 fully saturated rings. The van der Waals surface area contributed by atoms with Gasteiger partial charge in [0.2, 0.25) is 5.91 Å². The Labute approximate surface area is 124 Å². The maximum Gasteiger partial charge on any atom is 0.335 e. The van der Waals surface area contributed by atoms with Gasteiger partial charge in [0.05, 0.1) is 11.3 Å². The van der Waals surface area contributed by atoms with Crippen LogP contribution in [0.2, 0.25) is 0 Å². The highest BCUT2D eigenvalue weighted by atomic mass is 16.4. The van der Waals surface area contributed by atoms with E-state index in [0.29, 0.717) is 13.0 Å². The Morgan fingerprint density at radius 2 is 2.00 bits per heavy atom. The first-order chi connectivity index (χ1) is 9.93. The molecule has 0 aliphatic heterocycles. The van der Waals surface area contributed by atoms with E-state index in [0.717, 1.165) is 25.5 Å². The SMILES string of the molecule is CCCCN(C)CCC(=O)Nc1ccc(C(=O)O)cc1O. The molecular weight excluding hydrogens is 272 g/mol. The molecule has 6 nitrogen and oxygen atoms in total. The van der Waals surface area contributed by atoms with Crippen molar-refractivity contribution in [3.05, 3.63) is 23.8 Å². The molecule has 0 bridgehead atoms. The number of aromatic hydroxyl groups is 1. The number of benzene rings is 1. The number of nitrogens with zero attached hydrogens (tertiary/aromatic N) is 1. The van der Waals surface area contributed by atoms with Crippen LogP contribution in [0.4, 0.5) is 5.69 Å². The van der Waals surface area contributed by atoms with Crippen LogP contribution in [0.1, 0.15) is 36.5 Å². The number of carbonyl (C=O) groups excluding carboxylic acids is 1. The molecule has 6 heteroatoms. The Hall–Kier alpha value is -2.08. The summed E-state index contributed by atoms with van der Waals surface area (Å²) in [5.41, 5.74) is 0.200. The second-order valence-electron chi connectivity index (χ2n) is 4.99. The van der Waals surface area contributed by atoms with E-state index >= 15 is 0 Å². The number of phenols is 1. The predicted octanol–water partition coefficient (Wildman–Crippen LogP) is 2.15. The summed E-state index contributed by atoms with van der Waals surface area (Å²) in [7, 11) is 1.96. The fourth-order valence-electron chi connectivity index (χ4n) is 1.82. The van der Waals surface area contributed by atoms with Crippen LogP contribution in [0.25, 0.3) is 0 Å². The second-order valence-corrected chi connectivity index (χ2v) is 4.99. The number of carboxylic acid groups (broad SMARTS) is 1. The lowest BCUT2D eigenvalue weighted by atomic mass is 10.2. The zero-order chi connectivity index (χ0) is 15.8. The van der Waals surface area contributed by atoms with Crippen LogP contribution in [0, 0.1) is 0 Å². The van der Waals surface area contributed by atoms with Gasteiger partial charge in [-0.1, -0.05) is 13.3 Å². The van der Waals surface area contributed by atoms with Crippen molar-refractivity contribution in [3.63, 3.8) is 0 Å². The lowest BCUT2D eigenvalue weighted by Gasteiger charge is -2.15. The van der Waals surface area contributed by atoms with Crippen molar-refractivity contribution in [2.24, 2.45) is 0 Å². The Morgan fingerprint density at radius 1 is 1.29 bits per heavy atom. The van der Waals surface area contributed by atoms with E-state index < -0.39 is 5.97 Å². The molecule has 21 heavy (non-hydrogen) atoms. The number of aromatic carboxylic acids is 1. The predicted molar refractivity (Wildman–Crippen MR) is 80.7 cm³/mol. The number of anilines is 1. The number of rotatable bonds is 8. The zero-order valence-electron chi connectivity index (χ0n) is 12.4. The van der Waals surface area contributed by atoms with Gasteiger partial charge in [0.15, 0.2) is 0 Å². The molecule has 0 saturated carbocycles. The summed E-state index contributed by atoms with van der Waals surface area (Å²) < 4.78 is 0. The van der Waals surface area contributed by atoms with Crippen LogP contribution in [0.15, 0.2) is 18.2 Å².